The summed E-state index contributed by atoms with van der Waals surface area (Å²) >= 11 is 0. The fourth-order valence-electron chi connectivity index (χ4n) is 1.37. The highest BCUT2D eigenvalue weighted by Crippen LogP contribution is 2.12. The number of hydrogen-bond donors (Lipinski definition) is 0. The van der Waals surface area contributed by atoms with Crippen LogP contribution in [0.1, 0.15) is 39.0 Å². The molecule has 0 amide bonds. The van der Waals surface area contributed by atoms with Crippen molar-refractivity contribution in [2.75, 3.05) is 6.54 Å². The van der Waals surface area contributed by atoms with E-state index in [1.807, 2.05) is 0 Å². The van der Waals surface area contributed by atoms with E-state index in [2.05, 4.69) is 12.2 Å². The molecule has 1 radical (unpaired) electrons. The molecule has 0 aromatic carbocycles. The molecule has 0 N–H and O–H groups in total. The van der Waals surface area contributed by atoms with Crippen LogP contribution in [0.25, 0.3) is 0 Å². The van der Waals surface area contributed by atoms with Gasteiger partial charge >= 0.3 is 0 Å². The first-order valence-electron chi connectivity index (χ1n) is 4.10. The summed E-state index contributed by atoms with van der Waals surface area (Å²) in [6.07, 6.45) is 6.74. The Kier molecular flexibility index (Phi) is 3.05. The first-order valence-corrected chi connectivity index (χ1v) is 4.10. The number of hydrogen-bond acceptors (Lipinski definition) is 0. The fraction of sp³-hybridized carbons (Fsp3) is 1.00. The van der Waals surface area contributed by atoms with Gasteiger partial charge in [-0.25, -0.2) is 5.32 Å². The van der Waals surface area contributed by atoms with E-state index in [-0.39, 0.29) is 0 Å². The normalized spacial score (nSPS) is 27.0. The molecule has 0 aliphatic carbocycles. The highest BCUT2D eigenvalue weighted by Gasteiger charge is 2.13. The molecule has 0 aromatic heterocycles. The molecule has 0 aromatic rings. The van der Waals surface area contributed by atoms with Gasteiger partial charge in [-0.3, -0.25) is 0 Å². The molecule has 1 nitrogen and oxygen atoms in total. The molecule has 1 atom stereocenters. The lowest BCUT2D eigenvalue weighted by molar-refractivity contribution is 0.524. The largest absolute Gasteiger partial charge is 0.238 e. The highest BCUT2D eigenvalue weighted by molar-refractivity contribution is 4.72. The van der Waals surface area contributed by atoms with Crippen LogP contribution in [0.2, 0.25) is 0 Å². The standard InChI is InChI=1S/C8H16N/c1-2-3-5-8-6-4-7-9-8/h8H,2-7H2,1H3. The maximum absolute atomic E-state index is 4.47. The van der Waals surface area contributed by atoms with Gasteiger partial charge < -0.3 is 0 Å². The molecule has 53 valence electrons. The smallest absolute Gasteiger partial charge is 0.0246 e. The summed E-state index contributed by atoms with van der Waals surface area (Å²) < 4.78 is 0. The number of rotatable bonds is 3. The average Bonchev–Trinajstić information content (AvgIpc) is 2.34. The monoisotopic (exact) mass is 126 g/mol. The molecule has 9 heavy (non-hydrogen) atoms. The van der Waals surface area contributed by atoms with Crippen molar-refractivity contribution in [2.24, 2.45) is 0 Å². The zero-order valence-electron chi connectivity index (χ0n) is 6.27. The van der Waals surface area contributed by atoms with Crippen molar-refractivity contribution in [1.82, 2.24) is 5.32 Å². The zero-order valence-corrected chi connectivity index (χ0v) is 6.27. The second-order valence-corrected chi connectivity index (χ2v) is 2.84. The summed E-state index contributed by atoms with van der Waals surface area (Å²) in [5, 5.41) is 4.47. The minimum Gasteiger partial charge on any atom is -0.238 e. The Morgan fingerprint density at radius 1 is 1.56 bits per heavy atom. The average molecular weight is 126 g/mol. The molecule has 1 rings (SSSR count). The predicted molar refractivity (Wildman–Crippen MR) is 39.5 cm³/mol. The Morgan fingerprint density at radius 2 is 2.44 bits per heavy atom. The summed E-state index contributed by atoms with van der Waals surface area (Å²) in [5.74, 6) is 0. The fourth-order valence-corrected chi connectivity index (χ4v) is 1.37. The molecule has 0 bridgehead atoms. The van der Waals surface area contributed by atoms with Gasteiger partial charge in [0.1, 0.15) is 0 Å². The molecule has 1 aliphatic rings. The maximum Gasteiger partial charge on any atom is 0.0246 e. The van der Waals surface area contributed by atoms with E-state index < -0.39 is 0 Å². The van der Waals surface area contributed by atoms with E-state index in [1.54, 1.807) is 0 Å². The summed E-state index contributed by atoms with van der Waals surface area (Å²) in [6.45, 7) is 3.38. The summed E-state index contributed by atoms with van der Waals surface area (Å²) in [5.41, 5.74) is 0. The number of nitrogens with zero attached hydrogens (tertiary/aromatic N) is 1. The van der Waals surface area contributed by atoms with Crippen LogP contribution in [0, 0.1) is 0 Å². The van der Waals surface area contributed by atoms with Crippen LogP contribution in [0.4, 0.5) is 0 Å². The second-order valence-electron chi connectivity index (χ2n) is 2.84. The van der Waals surface area contributed by atoms with Gasteiger partial charge in [-0.05, 0) is 19.3 Å². The lowest BCUT2D eigenvalue weighted by Gasteiger charge is -2.05. The quantitative estimate of drug-likeness (QED) is 0.548. The summed E-state index contributed by atoms with van der Waals surface area (Å²) in [6, 6.07) is 0.741. The molecule has 0 saturated carbocycles. The van der Waals surface area contributed by atoms with Crippen LogP contribution in [0.15, 0.2) is 0 Å². The van der Waals surface area contributed by atoms with Gasteiger partial charge in [0, 0.05) is 12.6 Å². The molecule has 1 fully saturated rings. The van der Waals surface area contributed by atoms with Crippen molar-refractivity contribution >= 4 is 0 Å². The maximum atomic E-state index is 4.47. The van der Waals surface area contributed by atoms with Gasteiger partial charge in [-0.15, -0.1) is 0 Å². The van der Waals surface area contributed by atoms with Gasteiger partial charge in [-0.1, -0.05) is 19.8 Å². The number of unbranched alkanes of at least 4 members (excludes halogenated alkanes) is 1. The zero-order chi connectivity index (χ0) is 6.53. The van der Waals surface area contributed by atoms with Gasteiger partial charge in [-0.2, -0.15) is 0 Å². The lowest BCUT2D eigenvalue weighted by Crippen LogP contribution is -2.13. The van der Waals surface area contributed by atoms with Gasteiger partial charge in [0.2, 0.25) is 0 Å². The van der Waals surface area contributed by atoms with Crippen molar-refractivity contribution in [3.05, 3.63) is 0 Å². The van der Waals surface area contributed by atoms with E-state index in [9.17, 15) is 0 Å². The molecule has 1 saturated heterocycles. The minimum absolute atomic E-state index is 0.741. The van der Waals surface area contributed by atoms with Gasteiger partial charge in [0.25, 0.3) is 0 Å². The van der Waals surface area contributed by atoms with Crippen LogP contribution in [-0.2, 0) is 0 Å². The third-order valence-electron chi connectivity index (χ3n) is 1.97. The van der Waals surface area contributed by atoms with Crippen LogP contribution in [0.5, 0.6) is 0 Å². The lowest BCUT2D eigenvalue weighted by atomic mass is 10.1. The molecule has 0 spiro atoms. The first-order chi connectivity index (χ1) is 4.43. The third kappa shape index (κ3) is 2.35. The molecule has 1 unspecified atom stereocenters. The SMILES string of the molecule is CCCCC1CCC[N]1. The Labute approximate surface area is 57.8 Å². The Bertz CT molecular complexity index is 65.0. The van der Waals surface area contributed by atoms with Crippen molar-refractivity contribution in [1.29, 1.82) is 0 Å². The first kappa shape index (κ1) is 7.07. The minimum atomic E-state index is 0.741. The molecule has 1 aliphatic heterocycles. The highest BCUT2D eigenvalue weighted by atomic mass is 14.9. The Balaban J connectivity index is 1.98. The Hall–Kier alpha value is -0.0400. The van der Waals surface area contributed by atoms with Crippen molar-refractivity contribution in [2.45, 2.75) is 45.1 Å². The van der Waals surface area contributed by atoms with E-state index >= 15 is 0 Å². The van der Waals surface area contributed by atoms with Crippen LogP contribution in [0.3, 0.4) is 0 Å². The third-order valence-corrected chi connectivity index (χ3v) is 1.97. The molecular weight excluding hydrogens is 110 g/mol. The van der Waals surface area contributed by atoms with Crippen molar-refractivity contribution < 1.29 is 0 Å². The Morgan fingerprint density at radius 3 is 3.00 bits per heavy atom. The molecule has 1 heterocycles. The van der Waals surface area contributed by atoms with Gasteiger partial charge in [0.15, 0.2) is 0 Å². The van der Waals surface area contributed by atoms with Crippen LogP contribution >= 0.6 is 0 Å². The molecular formula is C8H16N. The van der Waals surface area contributed by atoms with E-state index in [0.717, 1.165) is 12.6 Å². The van der Waals surface area contributed by atoms with Crippen molar-refractivity contribution in [3.63, 3.8) is 0 Å². The van der Waals surface area contributed by atoms with E-state index in [0.29, 0.717) is 0 Å². The topological polar surface area (TPSA) is 14.1 Å². The second kappa shape index (κ2) is 3.89. The predicted octanol–water partition coefficient (Wildman–Crippen LogP) is 1.94. The van der Waals surface area contributed by atoms with Crippen LogP contribution in [-0.4, -0.2) is 12.6 Å². The van der Waals surface area contributed by atoms with Crippen LogP contribution < -0.4 is 5.32 Å². The van der Waals surface area contributed by atoms with Gasteiger partial charge in [0.05, 0.1) is 0 Å². The summed E-state index contributed by atoms with van der Waals surface area (Å²) in [7, 11) is 0. The van der Waals surface area contributed by atoms with E-state index in [4.69, 9.17) is 0 Å². The van der Waals surface area contributed by atoms with E-state index in [1.165, 1.54) is 32.1 Å². The van der Waals surface area contributed by atoms with Crippen molar-refractivity contribution in [3.8, 4) is 0 Å². The summed E-state index contributed by atoms with van der Waals surface area (Å²) in [4.78, 5) is 0. The molecule has 1 heteroatoms.